The van der Waals surface area contributed by atoms with E-state index in [1.54, 1.807) is 0 Å². The van der Waals surface area contributed by atoms with Gasteiger partial charge in [-0.15, -0.1) is 0 Å². The number of anilines is 1. The Morgan fingerprint density at radius 1 is 1.45 bits per heavy atom. The first-order valence-corrected chi connectivity index (χ1v) is 7.99. The SMILES string of the molecule is CC1CC(C(=O)O)CN(Cc2ccc(N(C)C(C)C)nc2)C1. The minimum absolute atomic E-state index is 0.247. The normalized spacial score (nSPS) is 22.8. The van der Waals surface area contributed by atoms with E-state index in [9.17, 15) is 9.90 Å². The van der Waals surface area contributed by atoms with Crippen LogP contribution in [0.4, 0.5) is 5.82 Å². The van der Waals surface area contributed by atoms with Crippen molar-refractivity contribution < 1.29 is 9.90 Å². The van der Waals surface area contributed by atoms with Crippen LogP contribution in [0.25, 0.3) is 0 Å². The number of likely N-dealkylation sites (tertiary alicyclic amines) is 1. The van der Waals surface area contributed by atoms with Crippen LogP contribution in [0.1, 0.15) is 32.8 Å². The molecule has 1 aromatic rings. The lowest BCUT2D eigenvalue weighted by molar-refractivity contribution is -0.144. The molecule has 22 heavy (non-hydrogen) atoms. The van der Waals surface area contributed by atoms with Gasteiger partial charge < -0.3 is 10.0 Å². The number of nitrogens with zero attached hydrogens (tertiary/aromatic N) is 3. The van der Waals surface area contributed by atoms with Gasteiger partial charge in [0.05, 0.1) is 5.92 Å². The smallest absolute Gasteiger partial charge is 0.307 e. The highest BCUT2D eigenvalue weighted by Crippen LogP contribution is 2.23. The molecular formula is C17H27N3O2. The van der Waals surface area contributed by atoms with Gasteiger partial charge in [0, 0.05) is 38.9 Å². The molecule has 0 aliphatic carbocycles. The molecule has 5 nitrogen and oxygen atoms in total. The number of hydrogen-bond acceptors (Lipinski definition) is 4. The predicted octanol–water partition coefficient (Wildman–Crippen LogP) is 2.47. The summed E-state index contributed by atoms with van der Waals surface area (Å²) < 4.78 is 0. The fourth-order valence-electron chi connectivity index (χ4n) is 3.01. The first kappa shape index (κ1) is 16.7. The third-order valence-corrected chi connectivity index (χ3v) is 4.44. The second-order valence-corrected chi connectivity index (χ2v) is 6.80. The van der Waals surface area contributed by atoms with Gasteiger partial charge >= 0.3 is 5.97 Å². The summed E-state index contributed by atoms with van der Waals surface area (Å²) in [7, 11) is 2.04. The van der Waals surface area contributed by atoms with E-state index in [0.29, 0.717) is 18.5 Å². The predicted molar refractivity (Wildman–Crippen MR) is 88.0 cm³/mol. The molecule has 1 aliphatic rings. The summed E-state index contributed by atoms with van der Waals surface area (Å²) >= 11 is 0. The molecule has 0 radical (unpaired) electrons. The lowest BCUT2D eigenvalue weighted by atomic mass is 9.90. The highest BCUT2D eigenvalue weighted by atomic mass is 16.4. The minimum atomic E-state index is -0.677. The molecule has 0 saturated carbocycles. The molecule has 0 bridgehead atoms. The third kappa shape index (κ3) is 4.19. The van der Waals surface area contributed by atoms with Crippen LogP contribution in [-0.4, -0.2) is 47.1 Å². The second kappa shape index (κ2) is 7.09. The molecule has 1 aromatic heterocycles. The number of aromatic nitrogens is 1. The second-order valence-electron chi connectivity index (χ2n) is 6.80. The molecule has 0 amide bonds. The van der Waals surface area contributed by atoms with Gasteiger partial charge in [-0.05, 0) is 37.8 Å². The first-order valence-electron chi connectivity index (χ1n) is 7.99. The van der Waals surface area contributed by atoms with E-state index in [-0.39, 0.29) is 5.92 Å². The highest BCUT2D eigenvalue weighted by Gasteiger charge is 2.29. The van der Waals surface area contributed by atoms with Crippen molar-refractivity contribution in [3.05, 3.63) is 23.9 Å². The molecule has 2 heterocycles. The van der Waals surface area contributed by atoms with Crippen LogP contribution in [0.3, 0.4) is 0 Å². The molecule has 1 aliphatic heterocycles. The third-order valence-electron chi connectivity index (χ3n) is 4.44. The number of aliphatic carboxylic acids is 1. The summed E-state index contributed by atoms with van der Waals surface area (Å²) in [6.07, 6.45) is 2.69. The van der Waals surface area contributed by atoms with Crippen molar-refractivity contribution in [2.75, 3.05) is 25.0 Å². The molecule has 2 atom stereocenters. The first-order chi connectivity index (χ1) is 10.4. The zero-order chi connectivity index (χ0) is 16.3. The van der Waals surface area contributed by atoms with Crippen LogP contribution in [0.2, 0.25) is 0 Å². The molecule has 0 aromatic carbocycles. The van der Waals surface area contributed by atoms with Gasteiger partial charge in [-0.25, -0.2) is 4.98 Å². The Morgan fingerprint density at radius 3 is 2.73 bits per heavy atom. The number of rotatable bonds is 5. The summed E-state index contributed by atoms with van der Waals surface area (Å²) in [4.78, 5) is 20.1. The van der Waals surface area contributed by atoms with Crippen molar-refractivity contribution in [2.24, 2.45) is 11.8 Å². The van der Waals surface area contributed by atoms with Crippen LogP contribution in [0.5, 0.6) is 0 Å². The fourth-order valence-corrected chi connectivity index (χ4v) is 3.01. The maximum Gasteiger partial charge on any atom is 0.307 e. The Labute approximate surface area is 132 Å². The van der Waals surface area contributed by atoms with E-state index in [1.165, 1.54) is 0 Å². The van der Waals surface area contributed by atoms with Crippen molar-refractivity contribution in [1.29, 1.82) is 0 Å². The van der Waals surface area contributed by atoms with Gasteiger partial charge in [0.15, 0.2) is 0 Å². The van der Waals surface area contributed by atoms with Crippen LogP contribution in [-0.2, 0) is 11.3 Å². The molecule has 1 N–H and O–H groups in total. The summed E-state index contributed by atoms with van der Waals surface area (Å²) in [5.41, 5.74) is 1.14. The van der Waals surface area contributed by atoms with Crippen molar-refractivity contribution in [3.8, 4) is 0 Å². The number of carboxylic acid groups (broad SMARTS) is 1. The molecule has 1 fully saturated rings. The molecule has 2 rings (SSSR count). The summed E-state index contributed by atoms with van der Waals surface area (Å²) in [6.45, 7) is 8.76. The topological polar surface area (TPSA) is 56.7 Å². The average Bonchev–Trinajstić information content (AvgIpc) is 2.46. The van der Waals surface area contributed by atoms with Gasteiger partial charge in [0.1, 0.15) is 5.82 Å². The zero-order valence-electron chi connectivity index (χ0n) is 14.0. The van der Waals surface area contributed by atoms with Crippen LogP contribution >= 0.6 is 0 Å². The monoisotopic (exact) mass is 305 g/mol. The Kier molecular flexibility index (Phi) is 5.40. The average molecular weight is 305 g/mol. The Morgan fingerprint density at radius 2 is 2.18 bits per heavy atom. The van der Waals surface area contributed by atoms with E-state index in [2.05, 4.69) is 41.6 Å². The highest BCUT2D eigenvalue weighted by molar-refractivity contribution is 5.70. The lowest BCUT2D eigenvalue weighted by Gasteiger charge is -2.34. The molecular weight excluding hydrogens is 278 g/mol. The summed E-state index contributed by atoms with van der Waals surface area (Å²) in [5.74, 6) is 0.468. The van der Waals surface area contributed by atoms with Gasteiger partial charge in [0.25, 0.3) is 0 Å². The van der Waals surface area contributed by atoms with Crippen LogP contribution in [0, 0.1) is 11.8 Å². The summed E-state index contributed by atoms with van der Waals surface area (Å²) in [6, 6.07) is 4.55. The standard InChI is InChI=1S/C17H27N3O2/c1-12(2)19(4)16-6-5-14(8-18-16)10-20-9-13(3)7-15(11-20)17(21)22/h5-6,8,12-13,15H,7,9-11H2,1-4H3,(H,21,22). The minimum Gasteiger partial charge on any atom is -0.481 e. The van der Waals surface area contributed by atoms with Crippen molar-refractivity contribution in [2.45, 2.75) is 39.8 Å². The molecule has 5 heteroatoms. The number of carboxylic acids is 1. The molecule has 1 saturated heterocycles. The lowest BCUT2D eigenvalue weighted by Crippen LogP contribution is -2.41. The van der Waals surface area contributed by atoms with E-state index >= 15 is 0 Å². The maximum absolute atomic E-state index is 11.2. The Bertz CT molecular complexity index is 501. The largest absolute Gasteiger partial charge is 0.481 e. The van der Waals surface area contributed by atoms with Gasteiger partial charge in [-0.1, -0.05) is 13.0 Å². The number of pyridine rings is 1. The Hall–Kier alpha value is -1.62. The van der Waals surface area contributed by atoms with Crippen LogP contribution < -0.4 is 4.90 Å². The molecule has 122 valence electrons. The van der Waals surface area contributed by atoms with E-state index in [4.69, 9.17) is 0 Å². The van der Waals surface area contributed by atoms with Gasteiger partial charge in [0.2, 0.25) is 0 Å². The van der Waals surface area contributed by atoms with Gasteiger partial charge in [-0.3, -0.25) is 9.69 Å². The Balaban J connectivity index is 1.99. The van der Waals surface area contributed by atoms with Gasteiger partial charge in [-0.2, -0.15) is 0 Å². The molecule has 2 unspecified atom stereocenters. The van der Waals surface area contributed by atoms with E-state index < -0.39 is 5.97 Å². The fraction of sp³-hybridized carbons (Fsp3) is 0.647. The molecule has 0 spiro atoms. The maximum atomic E-state index is 11.2. The quantitative estimate of drug-likeness (QED) is 0.905. The van der Waals surface area contributed by atoms with Crippen molar-refractivity contribution in [1.82, 2.24) is 9.88 Å². The number of hydrogen-bond donors (Lipinski definition) is 1. The van der Waals surface area contributed by atoms with Crippen molar-refractivity contribution in [3.63, 3.8) is 0 Å². The summed E-state index contributed by atoms with van der Waals surface area (Å²) in [5, 5.41) is 9.24. The van der Waals surface area contributed by atoms with E-state index in [0.717, 1.165) is 30.9 Å². The zero-order valence-corrected chi connectivity index (χ0v) is 14.0. The van der Waals surface area contributed by atoms with E-state index in [1.807, 2.05) is 19.3 Å². The van der Waals surface area contributed by atoms with Crippen molar-refractivity contribution >= 4 is 11.8 Å². The number of carbonyl (C=O) groups is 1. The number of piperidine rings is 1. The van der Waals surface area contributed by atoms with Crippen LogP contribution in [0.15, 0.2) is 18.3 Å².